The standard InChI is InChI=1S/C14H10ClFN2S/c1-8-3-2-4-11-13(8)18(14(19)17-11)12-7-9(16)5-6-10(12)15/h2-7H,1H3,(H,17,19). The molecule has 5 heteroatoms. The lowest BCUT2D eigenvalue weighted by Crippen LogP contribution is -1.97. The van der Waals surface area contributed by atoms with Gasteiger partial charge in [0.2, 0.25) is 0 Å². The summed E-state index contributed by atoms with van der Waals surface area (Å²) in [5, 5.41) is 0.460. The molecule has 0 radical (unpaired) electrons. The van der Waals surface area contributed by atoms with Gasteiger partial charge in [0, 0.05) is 0 Å². The predicted octanol–water partition coefficient (Wildman–Crippen LogP) is 4.79. The number of rotatable bonds is 1. The van der Waals surface area contributed by atoms with Crippen LogP contribution in [0.4, 0.5) is 4.39 Å². The van der Waals surface area contributed by atoms with E-state index in [1.807, 2.05) is 25.1 Å². The molecule has 0 saturated carbocycles. The number of aromatic amines is 1. The number of halogens is 2. The number of hydrogen-bond acceptors (Lipinski definition) is 1. The number of nitrogens with one attached hydrogen (secondary N) is 1. The Kier molecular flexibility index (Phi) is 2.92. The quantitative estimate of drug-likeness (QED) is 0.640. The third-order valence-electron chi connectivity index (χ3n) is 3.06. The van der Waals surface area contributed by atoms with E-state index in [0.29, 0.717) is 15.5 Å². The van der Waals surface area contributed by atoms with Gasteiger partial charge in [0.25, 0.3) is 0 Å². The molecule has 19 heavy (non-hydrogen) atoms. The highest BCUT2D eigenvalue weighted by molar-refractivity contribution is 7.71. The van der Waals surface area contributed by atoms with Gasteiger partial charge in [-0.05, 0) is 49.0 Å². The summed E-state index contributed by atoms with van der Waals surface area (Å²) in [7, 11) is 0. The Bertz CT molecular complexity index is 835. The second kappa shape index (κ2) is 4.47. The van der Waals surface area contributed by atoms with Crippen molar-refractivity contribution in [1.82, 2.24) is 9.55 Å². The van der Waals surface area contributed by atoms with Gasteiger partial charge in [-0.1, -0.05) is 23.7 Å². The molecule has 1 N–H and O–H groups in total. The molecule has 0 aliphatic rings. The lowest BCUT2D eigenvalue weighted by atomic mass is 10.2. The smallest absolute Gasteiger partial charge is 0.182 e. The van der Waals surface area contributed by atoms with E-state index in [1.165, 1.54) is 18.2 Å². The number of nitrogens with zero attached hydrogens (tertiary/aromatic N) is 1. The minimum absolute atomic E-state index is 0.343. The largest absolute Gasteiger partial charge is 0.330 e. The Morgan fingerprint density at radius 2 is 2.05 bits per heavy atom. The van der Waals surface area contributed by atoms with Gasteiger partial charge in [-0.25, -0.2) is 4.39 Å². The maximum Gasteiger partial charge on any atom is 0.182 e. The minimum Gasteiger partial charge on any atom is -0.330 e. The van der Waals surface area contributed by atoms with Gasteiger partial charge in [0.15, 0.2) is 4.77 Å². The average Bonchev–Trinajstić information content (AvgIpc) is 2.70. The highest BCUT2D eigenvalue weighted by Crippen LogP contribution is 2.27. The highest BCUT2D eigenvalue weighted by atomic mass is 35.5. The molecule has 0 atom stereocenters. The van der Waals surface area contributed by atoms with Crippen LogP contribution in [-0.4, -0.2) is 9.55 Å². The Morgan fingerprint density at radius 3 is 2.84 bits per heavy atom. The van der Waals surface area contributed by atoms with E-state index in [-0.39, 0.29) is 5.82 Å². The number of fused-ring (bicyclic) bond motifs is 1. The first-order valence-corrected chi connectivity index (χ1v) is 6.52. The first-order chi connectivity index (χ1) is 9.08. The molecule has 3 aromatic rings. The number of imidazole rings is 1. The molecule has 3 rings (SSSR count). The van der Waals surface area contributed by atoms with E-state index < -0.39 is 0 Å². The number of aromatic nitrogens is 2. The monoisotopic (exact) mass is 292 g/mol. The summed E-state index contributed by atoms with van der Waals surface area (Å²) in [6.07, 6.45) is 0. The van der Waals surface area contributed by atoms with Gasteiger partial charge < -0.3 is 4.98 Å². The van der Waals surface area contributed by atoms with E-state index in [0.717, 1.165) is 16.6 Å². The van der Waals surface area contributed by atoms with Crippen LogP contribution in [0.1, 0.15) is 5.56 Å². The molecule has 0 unspecified atom stereocenters. The zero-order valence-electron chi connectivity index (χ0n) is 10.1. The van der Waals surface area contributed by atoms with E-state index in [2.05, 4.69) is 4.98 Å². The van der Waals surface area contributed by atoms with Crippen LogP contribution in [0.2, 0.25) is 5.02 Å². The van der Waals surface area contributed by atoms with Crippen LogP contribution in [0.25, 0.3) is 16.7 Å². The molecule has 96 valence electrons. The minimum atomic E-state index is -0.343. The van der Waals surface area contributed by atoms with Crippen molar-refractivity contribution in [2.24, 2.45) is 0 Å². The number of aryl methyl sites for hydroxylation is 1. The molecule has 0 aliphatic heterocycles. The van der Waals surface area contributed by atoms with Gasteiger partial charge in [0.05, 0.1) is 21.7 Å². The Hall–Kier alpha value is -1.65. The SMILES string of the molecule is Cc1cccc2[nH]c(=S)n(-c3cc(F)ccc3Cl)c12. The van der Waals surface area contributed by atoms with Gasteiger partial charge >= 0.3 is 0 Å². The predicted molar refractivity (Wildman–Crippen MR) is 78.2 cm³/mol. The Balaban J connectivity index is 2.46. The molecule has 0 amide bonds. The summed E-state index contributed by atoms with van der Waals surface area (Å²) in [5.74, 6) is -0.343. The summed E-state index contributed by atoms with van der Waals surface area (Å²) in [6, 6.07) is 10.1. The summed E-state index contributed by atoms with van der Waals surface area (Å²) in [5.41, 5.74) is 3.42. The first-order valence-electron chi connectivity index (χ1n) is 5.73. The molecule has 0 spiro atoms. The van der Waals surface area contributed by atoms with Crippen LogP contribution >= 0.6 is 23.8 Å². The van der Waals surface area contributed by atoms with Crippen molar-refractivity contribution < 1.29 is 4.39 Å². The Morgan fingerprint density at radius 1 is 1.26 bits per heavy atom. The van der Waals surface area contributed by atoms with E-state index >= 15 is 0 Å². The molecule has 2 aromatic carbocycles. The number of H-pyrrole nitrogens is 1. The zero-order chi connectivity index (χ0) is 13.6. The van der Waals surface area contributed by atoms with Crippen molar-refractivity contribution in [3.63, 3.8) is 0 Å². The van der Waals surface area contributed by atoms with E-state index in [4.69, 9.17) is 23.8 Å². The second-order valence-corrected chi connectivity index (χ2v) is 5.13. The van der Waals surface area contributed by atoms with Crippen LogP contribution in [0.15, 0.2) is 36.4 Å². The summed E-state index contributed by atoms with van der Waals surface area (Å²) >= 11 is 11.5. The fraction of sp³-hybridized carbons (Fsp3) is 0.0714. The van der Waals surface area contributed by atoms with Crippen molar-refractivity contribution in [2.45, 2.75) is 6.92 Å². The molecule has 0 fully saturated rings. The van der Waals surface area contributed by atoms with Crippen molar-refractivity contribution >= 4 is 34.9 Å². The third kappa shape index (κ3) is 1.97. The molecular formula is C14H10ClFN2S. The third-order valence-corrected chi connectivity index (χ3v) is 3.66. The molecule has 0 saturated heterocycles. The maximum absolute atomic E-state index is 13.5. The van der Waals surface area contributed by atoms with Crippen molar-refractivity contribution in [1.29, 1.82) is 0 Å². The maximum atomic E-state index is 13.5. The first kappa shape index (κ1) is 12.4. The summed E-state index contributed by atoms with van der Waals surface area (Å²) in [6.45, 7) is 1.98. The van der Waals surface area contributed by atoms with Crippen LogP contribution in [0.5, 0.6) is 0 Å². The number of para-hydroxylation sites is 1. The van der Waals surface area contributed by atoms with E-state index in [9.17, 15) is 4.39 Å². The fourth-order valence-corrected chi connectivity index (χ4v) is 2.72. The summed E-state index contributed by atoms with van der Waals surface area (Å²) < 4.78 is 15.7. The molecule has 1 aromatic heterocycles. The van der Waals surface area contributed by atoms with Crippen LogP contribution in [0.3, 0.4) is 0 Å². The Labute approximate surface area is 119 Å². The van der Waals surface area contributed by atoms with Crippen LogP contribution in [0, 0.1) is 17.5 Å². The topological polar surface area (TPSA) is 20.7 Å². The normalized spacial score (nSPS) is 11.1. The van der Waals surface area contributed by atoms with Crippen molar-refractivity contribution in [3.05, 3.63) is 57.6 Å². The van der Waals surface area contributed by atoms with Crippen LogP contribution in [-0.2, 0) is 0 Å². The molecular weight excluding hydrogens is 283 g/mol. The van der Waals surface area contributed by atoms with E-state index in [1.54, 1.807) is 4.57 Å². The molecule has 1 heterocycles. The van der Waals surface area contributed by atoms with Crippen molar-refractivity contribution in [2.75, 3.05) is 0 Å². The van der Waals surface area contributed by atoms with Crippen molar-refractivity contribution in [3.8, 4) is 5.69 Å². The number of hydrogen-bond donors (Lipinski definition) is 1. The van der Waals surface area contributed by atoms with Gasteiger partial charge in [-0.2, -0.15) is 0 Å². The van der Waals surface area contributed by atoms with Gasteiger partial charge in [-0.15, -0.1) is 0 Å². The number of benzene rings is 2. The lowest BCUT2D eigenvalue weighted by molar-refractivity contribution is 0.626. The van der Waals surface area contributed by atoms with Gasteiger partial charge in [-0.3, -0.25) is 4.57 Å². The summed E-state index contributed by atoms with van der Waals surface area (Å²) in [4.78, 5) is 3.11. The average molecular weight is 293 g/mol. The molecule has 0 bridgehead atoms. The van der Waals surface area contributed by atoms with Crippen LogP contribution < -0.4 is 0 Å². The molecule has 0 aliphatic carbocycles. The fourth-order valence-electron chi connectivity index (χ4n) is 2.22. The second-order valence-electron chi connectivity index (χ2n) is 4.33. The highest BCUT2D eigenvalue weighted by Gasteiger charge is 2.12. The lowest BCUT2D eigenvalue weighted by Gasteiger charge is -2.08. The van der Waals surface area contributed by atoms with Gasteiger partial charge in [0.1, 0.15) is 5.82 Å². The zero-order valence-corrected chi connectivity index (χ0v) is 11.6. The molecule has 2 nitrogen and oxygen atoms in total.